The van der Waals surface area contributed by atoms with Gasteiger partial charge in [0.15, 0.2) is 0 Å². The van der Waals surface area contributed by atoms with Gasteiger partial charge >= 0.3 is 0 Å². The van der Waals surface area contributed by atoms with Gasteiger partial charge in [0, 0.05) is 10.9 Å². The van der Waals surface area contributed by atoms with Gasteiger partial charge in [0.25, 0.3) is 0 Å². The Kier molecular flexibility index (Phi) is 4.55. The molecule has 3 heteroatoms. The van der Waals surface area contributed by atoms with Crippen LogP contribution < -0.4 is 0 Å². The molecule has 94 valence electrons. The quantitative estimate of drug-likeness (QED) is 0.649. The van der Waals surface area contributed by atoms with Crippen LogP contribution in [0.1, 0.15) is 22.6 Å². The van der Waals surface area contributed by atoms with E-state index in [0.717, 1.165) is 11.1 Å². The van der Waals surface area contributed by atoms with Crippen LogP contribution in [-0.2, 0) is 0 Å². The van der Waals surface area contributed by atoms with Crippen molar-refractivity contribution in [1.82, 2.24) is 0 Å². The highest BCUT2D eigenvalue weighted by molar-refractivity contribution is 6.45. The van der Waals surface area contributed by atoms with Gasteiger partial charge in [-0.1, -0.05) is 59.6 Å². The molecule has 0 radical (unpaired) electrons. The number of aryl methyl sites for hydroxylation is 1. The molecular weight excluding hydrogens is 287 g/mol. The van der Waals surface area contributed by atoms with Crippen molar-refractivity contribution >= 4 is 34.8 Å². The molecule has 0 aliphatic carbocycles. The molecule has 0 amide bonds. The van der Waals surface area contributed by atoms with Gasteiger partial charge < -0.3 is 0 Å². The molecule has 2 aromatic carbocycles. The van der Waals surface area contributed by atoms with Crippen molar-refractivity contribution in [1.29, 1.82) is 0 Å². The van der Waals surface area contributed by atoms with Crippen molar-refractivity contribution in [2.75, 3.05) is 0 Å². The zero-order valence-electron chi connectivity index (χ0n) is 9.91. The molecule has 2 aromatic rings. The maximum atomic E-state index is 6.23. The summed E-state index contributed by atoms with van der Waals surface area (Å²) < 4.78 is 0. The van der Waals surface area contributed by atoms with Crippen LogP contribution >= 0.6 is 34.8 Å². The van der Waals surface area contributed by atoms with E-state index in [1.54, 1.807) is 0 Å². The van der Waals surface area contributed by atoms with Crippen LogP contribution in [0, 0.1) is 6.92 Å². The second-order valence-electron chi connectivity index (χ2n) is 4.24. The Hall–Kier alpha value is -0.690. The smallest absolute Gasteiger partial charge is 0.104 e. The minimum atomic E-state index is -0.535. The van der Waals surface area contributed by atoms with Crippen molar-refractivity contribution < 1.29 is 0 Å². The van der Waals surface area contributed by atoms with Crippen LogP contribution in [0.15, 0.2) is 48.5 Å². The van der Waals surface area contributed by atoms with E-state index in [1.165, 1.54) is 5.56 Å². The Balaban J connectivity index is 2.47. The first kappa shape index (κ1) is 13.7. The Morgan fingerprint density at radius 2 is 1.50 bits per heavy atom. The number of halogens is 3. The predicted molar refractivity (Wildman–Crippen MR) is 80.0 cm³/mol. The summed E-state index contributed by atoms with van der Waals surface area (Å²) in [5, 5.41) is 0.689. The van der Waals surface area contributed by atoms with Gasteiger partial charge in [0.1, 0.15) is 4.84 Å². The summed E-state index contributed by atoms with van der Waals surface area (Å²) in [6.45, 7) is 2.05. The summed E-state index contributed by atoms with van der Waals surface area (Å²) >= 11 is 18.5. The molecule has 0 N–H and O–H groups in total. The van der Waals surface area contributed by atoms with Gasteiger partial charge in [0.2, 0.25) is 0 Å². The predicted octanol–water partition coefficient (Wildman–Crippen LogP) is 5.58. The van der Waals surface area contributed by atoms with Crippen molar-refractivity contribution in [3.05, 3.63) is 70.2 Å². The van der Waals surface area contributed by atoms with E-state index in [-0.39, 0.29) is 5.92 Å². The lowest BCUT2D eigenvalue weighted by molar-refractivity contribution is 0.886. The zero-order chi connectivity index (χ0) is 13.1. The van der Waals surface area contributed by atoms with Crippen LogP contribution in [0.5, 0.6) is 0 Å². The van der Waals surface area contributed by atoms with E-state index < -0.39 is 4.84 Å². The first-order valence-electron chi connectivity index (χ1n) is 5.68. The molecule has 0 aliphatic rings. The van der Waals surface area contributed by atoms with Crippen LogP contribution in [0.4, 0.5) is 0 Å². The minimum Gasteiger partial charge on any atom is -0.104 e. The summed E-state index contributed by atoms with van der Waals surface area (Å²) in [6, 6.07) is 15.8. The molecule has 0 heterocycles. The van der Waals surface area contributed by atoms with Crippen LogP contribution in [0.25, 0.3) is 0 Å². The lowest BCUT2D eigenvalue weighted by Gasteiger charge is -2.20. The molecule has 0 bridgehead atoms. The first-order valence-corrected chi connectivity index (χ1v) is 6.94. The molecule has 18 heavy (non-hydrogen) atoms. The highest BCUT2D eigenvalue weighted by atomic mass is 35.5. The molecule has 0 saturated carbocycles. The third kappa shape index (κ3) is 3.00. The first-order chi connectivity index (χ1) is 8.59. The van der Waals surface area contributed by atoms with Crippen LogP contribution in [0.2, 0.25) is 5.02 Å². The van der Waals surface area contributed by atoms with Gasteiger partial charge in [-0.25, -0.2) is 0 Å². The molecule has 1 atom stereocenters. The number of hydrogen-bond acceptors (Lipinski definition) is 0. The highest BCUT2D eigenvalue weighted by Crippen LogP contribution is 2.36. The maximum absolute atomic E-state index is 6.23. The van der Waals surface area contributed by atoms with Crippen molar-refractivity contribution in [3.8, 4) is 0 Å². The summed E-state index contributed by atoms with van der Waals surface area (Å²) in [5.74, 6) is -0.109. The molecule has 0 nitrogen and oxygen atoms in total. The van der Waals surface area contributed by atoms with E-state index in [0.29, 0.717) is 5.02 Å². The Labute approximate surface area is 122 Å². The third-order valence-corrected chi connectivity index (χ3v) is 3.78. The van der Waals surface area contributed by atoms with E-state index in [4.69, 9.17) is 34.8 Å². The number of hydrogen-bond donors (Lipinski definition) is 0. The fraction of sp³-hybridized carbons (Fsp3) is 0.200. The second-order valence-corrected chi connectivity index (χ2v) is 5.82. The van der Waals surface area contributed by atoms with Gasteiger partial charge in [0.05, 0.1) is 0 Å². The third-order valence-electron chi connectivity index (χ3n) is 2.93. The van der Waals surface area contributed by atoms with Crippen LogP contribution in [-0.4, -0.2) is 4.84 Å². The highest BCUT2D eigenvalue weighted by Gasteiger charge is 2.23. The Morgan fingerprint density at radius 3 is 2.06 bits per heavy atom. The monoisotopic (exact) mass is 298 g/mol. The molecule has 1 unspecified atom stereocenters. The van der Waals surface area contributed by atoms with Gasteiger partial charge in [-0.05, 0) is 24.1 Å². The molecule has 0 aliphatic heterocycles. The topological polar surface area (TPSA) is 0 Å². The zero-order valence-corrected chi connectivity index (χ0v) is 12.2. The normalized spacial score (nSPS) is 12.7. The van der Waals surface area contributed by atoms with Gasteiger partial charge in [-0.3, -0.25) is 0 Å². The van der Waals surface area contributed by atoms with Crippen LogP contribution in [0.3, 0.4) is 0 Å². The molecule has 0 saturated heterocycles. The van der Waals surface area contributed by atoms with Gasteiger partial charge in [-0.15, -0.1) is 23.2 Å². The average Bonchev–Trinajstić information content (AvgIpc) is 2.34. The SMILES string of the molecule is Cc1ccc(C(c2ccccc2Cl)C(Cl)Cl)cc1. The summed E-state index contributed by atoms with van der Waals surface area (Å²) in [7, 11) is 0. The maximum Gasteiger partial charge on any atom is 0.118 e. The molecular formula is C15H13Cl3. The molecule has 2 rings (SSSR count). The lowest BCUT2D eigenvalue weighted by atomic mass is 9.92. The van der Waals surface area contributed by atoms with E-state index in [1.807, 2.05) is 43.3 Å². The number of alkyl halides is 2. The van der Waals surface area contributed by atoms with Gasteiger partial charge in [-0.2, -0.15) is 0 Å². The fourth-order valence-electron chi connectivity index (χ4n) is 1.96. The largest absolute Gasteiger partial charge is 0.118 e. The Bertz CT molecular complexity index is 518. The lowest BCUT2D eigenvalue weighted by Crippen LogP contribution is -2.09. The molecule has 0 aromatic heterocycles. The fourth-order valence-corrected chi connectivity index (χ4v) is 2.78. The summed E-state index contributed by atoms with van der Waals surface area (Å²) in [6.07, 6.45) is 0. The summed E-state index contributed by atoms with van der Waals surface area (Å²) in [4.78, 5) is -0.535. The van der Waals surface area contributed by atoms with Crippen molar-refractivity contribution in [3.63, 3.8) is 0 Å². The average molecular weight is 300 g/mol. The van der Waals surface area contributed by atoms with E-state index in [2.05, 4.69) is 12.1 Å². The second kappa shape index (κ2) is 5.97. The van der Waals surface area contributed by atoms with Crippen molar-refractivity contribution in [2.24, 2.45) is 0 Å². The van der Waals surface area contributed by atoms with E-state index >= 15 is 0 Å². The standard InChI is InChI=1S/C15H13Cl3/c1-10-6-8-11(9-7-10)14(15(17)18)12-4-2-3-5-13(12)16/h2-9,14-15H,1H3. The Morgan fingerprint density at radius 1 is 0.889 bits per heavy atom. The van der Waals surface area contributed by atoms with E-state index in [9.17, 15) is 0 Å². The summed E-state index contributed by atoms with van der Waals surface area (Å²) in [5.41, 5.74) is 3.24. The number of rotatable bonds is 3. The number of benzene rings is 2. The van der Waals surface area contributed by atoms with Crippen molar-refractivity contribution in [2.45, 2.75) is 17.7 Å². The minimum absolute atomic E-state index is 0.109. The molecule has 0 fully saturated rings. The molecule has 0 spiro atoms.